The Balaban J connectivity index is 0.00000200. The fourth-order valence-corrected chi connectivity index (χ4v) is 2.63. The Bertz CT molecular complexity index is 464. The molecule has 1 aromatic carbocycles. The van der Waals surface area contributed by atoms with Gasteiger partial charge in [0.05, 0.1) is 4.47 Å². The Morgan fingerprint density at radius 3 is 2.90 bits per heavy atom. The van der Waals surface area contributed by atoms with Crippen molar-refractivity contribution in [2.24, 2.45) is 0 Å². The van der Waals surface area contributed by atoms with Crippen LogP contribution in [0.5, 0.6) is 5.75 Å². The van der Waals surface area contributed by atoms with Crippen LogP contribution in [0.2, 0.25) is 0 Å². The quantitative estimate of drug-likeness (QED) is 0.864. The van der Waals surface area contributed by atoms with Gasteiger partial charge in [0.2, 0.25) is 0 Å². The smallest absolute Gasteiger partial charge is 0.261 e. The van der Waals surface area contributed by atoms with E-state index >= 15 is 0 Å². The average molecular weight is 364 g/mol. The van der Waals surface area contributed by atoms with E-state index < -0.39 is 6.10 Å². The standard InChI is InChI=1S/C14H19BrN2O2.ClH/c1-9-3-4-13(12(15)7-9)19-10(2)14(18)17-11-5-6-16-8-11;/h3-4,7,10-11,16H,5-6,8H2,1-2H3,(H,17,18);1H. The lowest BCUT2D eigenvalue weighted by molar-refractivity contribution is -0.127. The number of amides is 1. The van der Waals surface area contributed by atoms with E-state index in [4.69, 9.17) is 4.74 Å². The van der Waals surface area contributed by atoms with E-state index in [1.165, 1.54) is 0 Å². The predicted molar refractivity (Wildman–Crippen MR) is 85.6 cm³/mol. The molecule has 2 N–H and O–H groups in total. The highest BCUT2D eigenvalue weighted by molar-refractivity contribution is 9.10. The van der Waals surface area contributed by atoms with Crippen LogP contribution in [-0.4, -0.2) is 31.1 Å². The van der Waals surface area contributed by atoms with Gasteiger partial charge in [0.25, 0.3) is 5.91 Å². The fraction of sp³-hybridized carbons (Fsp3) is 0.500. The second kappa shape index (κ2) is 7.86. The van der Waals surface area contributed by atoms with Crippen molar-refractivity contribution in [3.05, 3.63) is 28.2 Å². The zero-order chi connectivity index (χ0) is 13.8. The maximum atomic E-state index is 12.0. The highest BCUT2D eigenvalue weighted by Gasteiger charge is 2.21. The number of carbonyl (C=O) groups is 1. The molecule has 1 aliphatic rings. The molecule has 1 aromatic rings. The highest BCUT2D eigenvalue weighted by Crippen LogP contribution is 2.26. The number of rotatable bonds is 4. The molecule has 2 rings (SSSR count). The lowest BCUT2D eigenvalue weighted by Crippen LogP contribution is -2.43. The van der Waals surface area contributed by atoms with Crippen molar-refractivity contribution >= 4 is 34.2 Å². The molecule has 6 heteroatoms. The normalized spacial score (nSPS) is 19.1. The summed E-state index contributed by atoms with van der Waals surface area (Å²) in [6, 6.07) is 6.03. The van der Waals surface area contributed by atoms with Crippen LogP contribution in [-0.2, 0) is 4.79 Å². The minimum Gasteiger partial charge on any atom is -0.480 e. The largest absolute Gasteiger partial charge is 0.480 e. The Kier molecular flexibility index (Phi) is 6.79. The number of benzene rings is 1. The minimum atomic E-state index is -0.500. The lowest BCUT2D eigenvalue weighted by Gasteiger charge is -2.18. The molecule has 2 unspecified atom stereocenters. The van der Waals surface area contributed by atoms with E-state index in [1.807, 2.05) is 25.1 Å². The highest BCUT2D eigenvalue weighted by atomic mass is 79.9. The molecule has 0 saturated carbocycles. The summed E-state index contributed by atoms with van der Waals surface area (Å²) < 4.78 is 6.56. The van der Waals surface area contributed by atoms with Crippen LogP contribution < -0.4 is 15.4 Å². The fourth-order valence-electron chi connectivity index (χ4n) is 2.04. The van der Waals surface area contributed by atoms with Gasteiger partial charge in [-0.15, -0.1) is 12.4 Å². The monoisotopic (exact) mass is 362 g/mol. The molecule has 0 aliphatic carbocycles. The predicted octanol–water partition coefficient (Wildman–Crippen LogP) is 2.42. The Labute approximate surface area is 134 Å². The van der Waals surface area contributed by atoms with Gasteiger partial charge in [-0.1, -0.05) is 6.07 Å². The van der Waals surface area contributed by atoms with Crippen molar-refractivity contribution < 1.29 is 9.53 Å². The summed E-state index contributed by atoms with van der Waals surface area (Å²) in [6.07, 6.45) is 0.478. The molecule has 20 heavy (non-hydrogen) atoms. The Morgan fingerprint density at radius 1 is 1.55 bits per heavy atom. The number of hydrogen-bond acceptors (Lipinski definition) is 3. The van der Waals surface area contributed by atoms with Crippen LogP contribution in [0.4, 0.5) is 0 Å². The summed E-state index contributed by atoms with van der Waals surface area (Å²) in [5, 5.41) is 6.21. The van der Waals surface area contributed by atoms with Crippen LogP contribution in [0, 0.1) is 6.92 Å². The maximum Gasteiger partial charge on any atom is 0.261 e. The second-order valence-electron chi connectivity index (χ2n) is 4.89. The van der Waals surface area contributed by atoms with Gasteiger partial charge in [0, 0.05) is 12.6 Å². The van der Waals surface area contributed by atoms with Crippen LogP contribution in [0.25, 0.3) is 0 Å². The van der Waals surface area contributed by atoms with Gasteiger partial charge in [-0.3, -0.25) is 4.79 Å². The van der Waals surface area contributed by atoms with Gasteiger partial charge < -0.3 is 15.4 Å². The third kappa shape index (κ3) is 4.65. The van der Waals surface area contributed by atoms with Crippen molar-refractivity contribution in [2.45, 2.75) is 32.4 Å². The van der Waals surface area contributed by atoms with Gasteiger partial charge >= 0.3 is 0 Å². The molecule has 0 bridgehead atoms. The van der Waals surface area contributed by atoms with Crippen LogP contribution in [0.15, 0.2) is 22.7 Å². The van der Waals surface area contributed by atoms with Crippen LogP contribution in [0.1, 0.15) is 18.9 Å². The van der Waals surface area contributed by atoms with E-state index in [9.17, 15) is 4.79 Å². The van der Waals surface area contributed by atoms with Crippen molar-refractivity contribution in [1.29, 1.82) is 0 Å². The van der Waals surface area contributed by atoms with E-state index in [-0.39, 0.29) is 24.4 Å². The molecule has 1 heterocycles. The summed E-state index contributed by atoms with van der Waals surface area (Å²) in [6.45, 7) is 5.58. The third-order valence-electron chi connectivity index (χ3n) is 3.17. The molecule has 0 spiro atoms. The first-order valence-electron chi connectivity index (χ1n) is 6.50. The molecular weight excluding hydrogens is 344 g/mol. The molecule has 0 radical (unpaired) electrons. The Morgan fingerprint density at radius 2 is 2.30 bits per heavy atom. The van der Waals surface area contributed by atoms with E-state index in [1.54, 1.807) is 6.92 Å². The van der Waals surface area contributed by atoms with Crippen molar-refractivity contribution in [3.63, 3.8) is 0 Å². The molecular formula is C14H20BrClN2O2. The van der Waals surface area contributed by atoms with Gasteiger partial charge in [-0.25, -0.2) is 0 Å². The molecule has 4 nitrogen and oxygen atoms in total. The van der Waals surface area contributed by atoms with Crippen LogP contribution >= 0.6 is 28.3 Å². The zero-order valence-corrected chi connectivity index (χ0v) is 14.0. The van der Waals surface area contributed by atoms with Crippen molar-refractivity contribution in [3.8, 4) is 5.75 Å². The first-order chi connectivity index (χ1) is 9.06. The second-order valence-corrected chi connectivity index (χ2v) is 5.75. The Hall–Kier alpha value is -0.780. The summed E-state index contributed by atoms with van der Waals surface area (Å²) >= 11 is 3.45. The number of nitrogens with one attached hydrogen (secondary N) is 2. The molecule has 112 valence electrons. The van der Waals surface area contributed by atoms with Gasteiger partial charge in [-0.05, 0) is 60.4 Å². The zero-order valence-electron chi connectivity index (χ0n) is 11.6. The van der Waals surface area contributed by atoms with E-state index in [2.05, 4.69) is 26.6 Å². The molecule has 0 aromatic heterocycles. The first-order valence-corrected chi connectivity index (χ1v) is 7.29. The first kappa shape index (κ1) is 17.3. The number of ether oxygens (including phenoxy) is 1. The molecule has 1 amide bonds. The summed E-state index contributed by atoms with van der Waals surface area (Å²) in [5.41, 5.74) is 1.15. The summed E-state index contributed by atoms with van der Waals surface area (Å²) in [7, 11) is 0. The van der Waals surface area contributed by atoms with Crippen molar-refractivity contribution in [1.82, 2.24) is 10.6 Å². The number of aryl methyl sites for hydroxylation is 1. The van der Waals surface area contributed by atoms with E-state index in [0.29, 0.717) is 5.75 Å². The van der Waals surface area contributed by atoms with Gasteiger partial charge in [0.1, 0.15) is 5.75 Å². The van der Waals surface area contributed by atoms with Crippen LogP contribution in [0.3, 0.4) is 0 Å². The van der Waals surface area contributed by atoms with Crippen molar-refractivity contribution in [2.75, 3.05) is 13.1 Å². The number of carbonyl (C=O) groups excluding carboxylic acids is 1. The topological polar surface area (TPSA) is 50.4 Å². The molecule has 1 aliphatic heterocycles. The van der Waals surface area contributed by atoms with Gasteiger partial charge in [-0.2, -0.15) is 0 Å². The summed E-state index contributed by atoms with van der Waals surface area (Å²) in [5.74, 6) is 0.624. The SMILES string of the molecule is Cc1ccc(OC(C)C(=O)NC2CCNC2)c(Br)c1.Cl. The minimum absolute atomic E-state index is 0. The third-order valence-corrected chi connectivity index (χ3v) is 3.79. The maximum absolute atomic E-state index is 12.0. The lowest BCUT2D eigenvalue weighted by atomic mass is 10.2. The molecule has 1 fully saturated rings. The van der Waals surface area contributed by atoms with Gasteiger partial charge in [0.15, 0.2) is 6.10 Å². The summed E-state index contributed by atoms with van der Waals surface area (Å²) in [4.78, 5) is 12.0. The van der Waals surface area contributed by atoms with E-state index in [0.717, 1.165) is 29.5 Å². The molecule has 1 saturated heterocycles. The average Bonchev–Trinajstić information content (AvgIpc) is 2.85. The molecule has 2 atom stereocenters. The number of halogens is 2. The number of hydrogen-bond donors (Lipinski definition) is 2.